The number of hydrogen-bond donors (Lipinski definition) is 0. The third kappa shape index (κ3) is 7.84. The van der Waals surface area contributed by atoms with Gasteiger partial charge < -0.3 is 9.47 Å². The first-order valence-electron chi connectivity index (χ1n) is 18.0. The normalized spacial score (nSPS) is 12.6. The molecule has 0 spiro atoms. The van der Waals surface area contributed by atoms with E-state index in [0.717, 1.165) is 60.5 Å². The first kappa shape index (κ1) is 38.2. The molecule has 6 heterocycles. The molecular weight excluding hydrogens is 757 g/mol. The number of benzene rings is 2. The van der Waals surface area contributed by atoms with Crippen LogP contribution < -0.4 is 0 Å². The van der Waals surface area contributed by atoms with Crippen LogP contribution in [0.4, 0.5) is 0 Å². The molecule has 0 saturated heterocycles. The number of rotatable bonds is 6. The summed E-state index contributed by atoms with van der Waals surface area (Å²) in [6, 6.07) is 20.0. The fourth-order valence-corrected chi connectivity index (χ4v) is 8.24. The van der Waals surface area contributed by atoms with Crippen LogP contribution in [0.5, 0.6) is 0 Å². The van der Waals surface area contributed by atoms with Crippen molar-refractivity contribution < 1.29 is 19.1 Å². The van der Waals surface area contributed by atoms with Gasteiger partial charge in [0, 0.05) is 22.3 Å². The number of esters is 2. The van der Waals surface area contributed by atoms with Crippen molar-refractivity contribution >= 4 is 54.1 Å². The number of aromatic nitrogens is 4. The summed E-state index contributed by atoms with van der Waals surface area (Å²) in [5, 5.41) is 4.06. The predicted octanol–water partition coefficient (Wildman–Crippen LogP) is 8.13. The molecule has 2 aliphatic heterocycles. The van der Waals surface area contributed by atoms with E-state index in [-0.39, 0.29) is 0 Å². The molecule has 0 amide bonds. The van der Waals surface area contributed by atoms with Crippen molar-refractivity contribution in [2.45, 2.75) is 46.6 Å². The number of nitrogens with zero attached hydrogens (tertiary/aromatic N) is 6. The smallest absolute Gasteiger partial charge is 0.358 e. The number of imidazole rings is 2. The first-order chi connectivity index (χ1) is 27.1. The zero-order valence-electron chi connectivity index (χ0n) is 31.6. The summed E-state index contributed by atoms with van der Waals surface area (Å²) in [4.78, 5) is 45.1. The van der Waals surface area contributed by atoms with Gasteiger partial charge in [-0.05, 0) is 73.1 Å². The van der Waals surface area contributed by atoms with Gasteiger partial charge in [-0.1, -0.05) is 43.6 Å². The molecule has 0 N–H and O–H groups in total. The van der Waals surface area contributed by atoms with Gasteiger partial charge in [0.05, 0.1) is 70.2 Å². The van der Waals surface area contributed by atoms with Gasteiger partial charge in [0.1, 0.15) is 20.7 Å². The molecule has 8 rings (SSSR count). The van der Waals surface area contributed by atoms with Gasteiger partial charge in [-0.2, -0.15) is 0 Å². The van der Waals surface area contributed by atoms with Crippen LogP contribution in [0.25, 0.3) is 11.4 Å². The molecule has 280 valence electrons. The molecule has 0 bridgehead atoms. The lowest BCUT2D eigenvalue weighted by Crippen LogP contribution is -2.16. The van der Waals surface area contributed by atoms with E-state index in [0.29, 0.717) is 43.4 Å². The Morgan fingerprint density at radius 2 is 1.23 bits per heavy atom. The number of fused-ring (bicyclic) bond motifs is 6. The van der Waals surface area contributed by atoms with E-state index in [2.05, 4.69) is 59.1 Å². The van der Waals surface area contributed by atoms with Crippen LogP contribution in [0.1, 0.15) is 78.2 Å². The molecule has 6 aromatic rings. The van der Waals surface area contributed by atoms with Gasteiger partial charge in [-0.25, -0.2) is 19.6 Å². The molecule has 0 unspecified atom stereocenters. The highest BCUT2D eigenvalue weighted by Gasteiger charge is 2.27. The second-order valence-electron chi connectivity index (χ2n) is 13.7. The van der Waals surface area contributed by atoms with Crippen LogP contribution in [0.2, 0.25) is 19.6 Å². The van der Waals surface area contributed by atoms with E-state index < -0.39 is 20.0 Å². The quantitative estimate of drug-likeness (QED) is 0.0957. The standard InChI is InChI=1S/C23H23N3O2SSi.C20H15N3O2S/c1-5-28-23(27)22-19-14-24-21(20-7-6-11-29-20)17-13-16(10-12-30(2,3)4)8-9-18(17)26(19)15-25-22;1-3-13-7-8-15-14(10-13)18(17-6-5-9-26-17)21-11-16-19(20(24)25-4-2)22-12-23(15)16/h6-9,11,13,15H,5,14H2,1-4H3;1,5-10,12H,4,11H2,2H3. The van der Waals surface area contributed by atoms with E-state index in [4.69, 9.17) is 25.9 Å². The Hall–Kier alpha value is -6.12. The van der Waals surface area contributed by atoms with Gasteiger partial charge >= 0.3 is 11.9 Å². The first-order valence-corrected chi connectivity index (χ1v) is 23.3. The SMILES string of the molecule is C#Cc1ccc2c(c1)C(c1cccs1)=NCc1c(C(=O)OCC)ncn1-2.CCOC(=O)c1ncn2c1CN=C(c1cccs1)c1cc(C#C[Si](C)(C)C)ccc1-2. The van der Waals surface area contributed by atoms with Crippen LogP contribution in [-0.4, -0.2) is 63.8 Å². The van der Waals surface area contributed by atoms with Crippen molar-refractivity contribution in [1.29, 1.82) is 0 Å². The van der Waals surface area contributed by atoms with Gasteiger partial charge in [-0.3, -0.25) is 19.1 Å². The van der Waals surface area contributed by atoms with E-state index in [1.165, 1.54) is 0 Å². The minimum atomic E-state index is -1.49. The highest BCUT2D eigenvalue weighted by Crippen LogP contribution is 2.31. The van der Waals surface area contributed by atoms with E-state index >= 15 is 0 Å². The van der Waals surface area contributed by atoms with Crippen LogP contribution in [0.15, 0.2) is 94.1 Å². The molecule has 0 fully saturated rings. The van der Waals surface area contributed by atoms with Crippen LogP contribution in [0, 0.1) is 23.8 Å². The third-order valence-electron chi connectivity index (χ3n) is 8.72. The predicted molar refractivity (Wildman–Crippen MR) is 225 cm³/mol. The summed E-state index contributed by atoms with van der Waals surface area (Å²) in [5.41, 5.74) is 12.8. The molecule has 2 aromatic carbocycles. The maximum atomic E-state index is 12.4. The summed E-state index contributed by atoms with van der Waals surface area (Å²) >= 11 is 3.27. The molecule has 13 heteroatoms. The van der Waals surface area contributed by atoms with Crippen LogP contribution in [-0.2, 0) is 22.6 Å². The Labute approximate surface area is 334 Å². The van der Waals surface area contributed by atoms with Crippen molar-refractivity contribution in [1.82, 2.24) is 19.1 Å². The topological polar surface area (TPSA) is 113 Å². The maximum Gasteiger partial charge on any atom is 0.358 e. The third-order valence-corrected chi connectivity index (χ3v) is 11.4. The molecular formula is C43H38N6O4S2Si. The Morgan fingerprint density at radius 1 is 0.750 bits per heavy atom. The molecule has 0 aliphatic carbocycles. The second-order valence-corrected chi connectivity index (χ2v) is 20.3. The summed E-state index contributed by atoms with van der Waals surface area (Å²) in [6.07, 6.45) is 8.91. The number of carbonyl (C=O) groups excluding carboxylic acids is 2. The number of hydrogen-bond acceptors (Lipinski definition) is 10. The van der Waals surface area contributed by atoms with Gasteiger partial charge in [0.15, 0.2) is 11.4 Å². The van der Waals surface area contributed by atoms with Crippen molar-refractivity contribution in [3.8, 4) is 35.2 Å². The largest absolute Gasteiger partial charge is 0.461 e. The number of terminal acetylenes is 1. The van der Waals surface area contributed by atoms with E-state index in [1.807, 2.05) is 68.4 Å². The lowest BCUT2D eigenvalue weighted by atomic mass is 10.0. The van der Waals surface area contributed by atoms with Crippen molar-refractivity contribution in [2.24, 2.45) is 9.98 Å². The van der Waals surface area contributed by atoms with Crippen molar-refractivity contribution in [2.75, 3.05) is 13.2 Å². The number of thiophene rings is 2. The monoisotopic (exact) mass is 794 g/mol. The number of aliphatic imine (C=N–C) groups is 2. The van der Waals surface area contributed by atoms with Crippen LogP contribution in [0.3, 0.4) is 0 Å². The summed E-state index contributed by atoms with van der Waals surface area (Å²) in [7, 11) is -1.49. The number of ether oxygens (including phenoxy) is 2. The molecule has 10 nitrogen and oxygen atoms in total. The van der Waals surface area contributed by atoms with Crippen molar-refractivity contribution in [3.63, 3.8) is 0 Å². The average molecular weight is 795 g/mol. The maximum absolute atomic E-state index is 12.4. The Kier molecular flexibility index (Phi) is 11.1. The zero-order valence-corrected chi connectivity index (χ0v) is 34.3. The fraction of sp³-hybridized carbons (Fsp3) is 0.209. The molecule has 56 heavy (non-hydrogen) atoms. The molecule has 4 aromatic heterocycles. The molecule has 2 aliphatic rings. The Morgan fingerprint density at radius 3 is 1.66 bits per heavy atom. The average Bonchev–Trinajstić information content (AvgIpc) is 4.02. The van der Waals surface area contributed by atoms with Crippen LogP contribution >= 0.6 is 22.7 Å². The molecule has 0 radical (unpaired) electrons. The lowest BCUT2D eigenvalue weighted by molar-refractivity contribution is 0.0509. The summed E-state index contributed by atoms with van der Waals surface area (Å²) in [6.45, 7) is 11.6. The van der Waals surface area contributed by atoms with E-state index in [1.54, 1.807) is 49.2 Å². The van der Waals surface area contributed by atoms with E-state index in [9.17, 15) is 9.59 Å². The molecule has 0 saturated carbocycles. The minimum absolute atomic E-state index is 0.301. The zero-order chi connectivity index (χ0) is 39.4. The Balaban J connectivity index is 0.000000173. The second kappa shape index (κ2) is 16.3. The van der Waals surface area contributed by atoms with Gasteiger partial charge in [0.25, 0.3) is 0 Å². The summed E-state index contributed by atoms with van der Waals surface area (Å²) < 4.78 is 14.2. The van der Waals surface area contributed by atoms with Gasteiger partial charge in [0.2, 0.25) is 0 Å². The Bertz CT molecular complexity index is 2610. The lowest BCUT2D eigenvalue weighted by Gasteiger charge is -2.12. The number of carbonyl (C=O) groups is 2. The van der Waals surface area contributed by atoms with Crippen molar-refractivity contribution in [3.05, 3.63) is 139 Å². The highest BCUT2D eigenvalue weighted by atomic mass is 32.1. The molecule has 0 atom stereocenters. The summed E-state index contributed by atoms with van der Waals surface area (Å²) in [5.74, 6) is 5.17. The highest BCUT2D eigenvalue weighted by molar-refractivity contribution is 7.12. The minimum Gasteiger partial charge on any atom is -0.461 e. The fourth-order valence-electron chi connectivity index (χ4n) is 6.23. The van der Waals surface area contributed by atoms with Gasteiger partial charge in [-0.15, -0.1) is 34.6 Å².